The summed E-state index contributed by atoms with van der Waals surface area (Å²) in [6.07, 6.45) is 1.56. The van der Waals surface area contributed by atoms with E-state index in [9.17, 15) is 14.4 Å². The molecule has 1 aliphatic rings. The molecule has 1 fully saturated rings. The molecule has 1 aromatic heterocycles. The molecular weight excluding hydrogens is 318 g/mol. The lowest BCUT2D eigenvalue weighted by atomic mass is 10.0. The second-order valence-corrected chi connectivity index (χ2v) is 6.26. The average Bonchev–Trinajstić information content (AvgIpc) is 2.63. The third kappa shape index (κ3) is 3.47. The predicted octanol–water partition coefficient (Wildman–Crippen LogP) is 1.43. The zero-order valence-electron chi connectivity index (χ0n) is 14.4. The Morgan fingerprint density at radius 1 is 1.04 bits per heavy atom. The van der Waals surface area contributed by atoms with Gasteiger partial charge in [0, 0.05) is 45.9 Å². The summed E-state index contributed by atoms with van der Waals surface area (Å²) in [5.41, 5.74) is 1.33. The monoisotopic (exact) mass is 339 g/mol. The highest BCUT2D eigenvalue weighted by Gasteiger charge is 2.32. The quantitative estimate of drug-likeness (QED) is 0.831. The zero-order chi connectivity index (χ0) is 18.0. The fraction of sp³-hybridized carbons (Fsp3) is 0.316. The van der Waals surface area contributed by atoms with Crippen LogP contribution in [0.5, 0.6) is 0 Å². The lowest BCUT2D eigenvalue weighted by Crippen LogP contribution is -2.51. The van der Waals surface area contributed by atoms with Gasteiger partial charge in [-0.15, -0.1) is 0 Å². The van der Waals surface area contributed by atoms with Gasteiger partial charge < -0.3 is 14.4 Å². The van der Waals surface area contributed by atoms with Gasteiger partial charge in [0.1, 0.15) is 0 Å². The second-order valence-electron chi connectivity index (χ2n) is 6.26. The molecule has 2 aromatic rings. The normalized spacial score (nSPS) is 17.4. The molecule has 3 rings (SSSR count). The molecule has 0 aliphatic carbocycles. The third-order valence-corrected chi connectivity index (χ3v) is 4.59. The molecule has 0 saturated carbocycles. The number of piperazine rings is 1. The number of aromatic nitrogens is 1. The van der Waals surface area contributed by atoms with Gasteiger partial charge in [-0.25, -0.2) is 0 Å². The molecule has 1 aliphatic heterocycles. The molecule has 0 N–H and O–H groups in total. The van der Waals surface area contributed by atoms with Crippen molar-refractivity contribution in [3.8, 4) is 0 Å². The Morgan fingerprint density at radius 3 is 2.40 bits per heavy atom. The van der Waals surface area contributed by atoms with E-state index in [0.29, 0.717) is 25.2 Å². The SMILES string of the molecule is CC(=O)N1CCN(C(=O)c2ccc(=O)n(C)c2)CC1c1ccccc1. The van der Waals surface area contributed by atoms with E-state index in [-0.39, 0.29) is 23.4 Å². The number of carbonyl (C=O) groups is 2. The van der Waals surface area contributed by atoms with E-state index in [1.165, 1.54) is 10.6 Å². The Balaban J connectivity index is 1.86. The number of pyridine rings is 1. The Hall–Kier alpha value is -2.89. The van der Waals surface area contributed by atoms with Crippen LogP contribution in [-0.4, -0.2) is 45.8 Å². The van der Waals surface area contributed by atoms with Crippen LogP contribution < -0.4 is 5.56 Å². The van der Waals surface area contributed by atoms with Gasteiger partial charge in [0.2, 0.25) is 11.5 Å². The summed E-state index contributed by atoms with van der Waals surface area (Å²) in [5, 5.41) is 0. The van der Waals surface area contributed by atoms with Gasteiger partial charge >= 0.3 is 0 Å². The van der Waals surface area contributed by atoms with Crippen molar-refractivity contribution in [1.29, 1.82) is 0 Å². The molecule has 6 heteroatoms. The van der Waals surface area contributed by atoms with Gasteiger partial charge in [0.25, 0.3) is 5.91 Å². The maximum Gasteiger partial charge on any atom is 0.255 e. The van der Waals surface area contributed by atoms with Crippen molar-refractivity contribution in [3.05, 3.63) is 70.1 Å². The summed E-state index contributed by atoms with van der Waals surface area (Å²) in [6.45, 7) is 2.96. The van der Waals surface area contributed by atoms with E-state index in [4.69, 9.17) is 0 Å². The highest BCUT2D eigenvalue weighted by atomic mass is 16.2. The lowest BCUT2D eigenvalue weighted by molar-refractivity contribution is -0.133. The number of aryl methyl sites for hydroxylation is 1. The molecule has 25 heavy (non-hydrogen) atoms. The Kier molecular flexibility index (Phi) is 4.70. The summed E-state index contributed by atoms with van der Waals surface area (Å²) in [6, 6.07) is 12.5. The van der Waals surface area contributed by atoms with Crippen molar-refractivity contribution in [2.24, 2.45) is 7.05 Å². The molecule has 1 atom stereocenters. The number of hydrogen-bond acceptors (Lipinski definition) is 3. The third-order valence-electron chi connectivity index (χ3n) is 4.59. The molecule has 0 bridgehead atoms. The smallest absolute Gasteiger partial charge is 0.255 e. The van der Waals surface area contributed by atoms with Crippen molar-refractivity contribution in [2.45, 2.75) is 13.0 Å². The molecule has 1 unspecified atom stereocenters. The van der Waals surface area contributed by atoms with Crippen LogP contribution in [0.15, 0.2) is 53.5 Å². The van der Waals surface area contributed by atoms with E-state index in [2.05, 4.69) is 0 Å². The zero-order valence-corrected chi connectivity index (χ0v) is 14.4. The van der Waals surface area contributed by atoms with Crippen molar-refractivity contribution < 1.29 is 9.59 Å². The Morgan fingerprint density at radius 2 is 1.76 bits per heavy atom. The largest absolute Gasteiger partial charge is 0.334 e. The van der Waals surface area contributed by atoms with Crippen LogP contribution in [0.1, 0.15) is 28.9 Å². The standard InChI is InChI=1S/C19H21N3O3/c1-14(23)22-11-10-21(13-17(22)15-6-4-3-5-7-15)19(25)16-8-9-18(24)20(2)12-16/h3-9,12,17H,10-11,13H2,1-2H3. The summed E-state index contributed by atoms with van der Waals surface area (Å²) in [4.78, 5) is 39.9. The number of amides is 2. The summed E-state index contributed by atoms with van der Waals surface area (Å²) < 4.78 is 1.40. The van der Waals surface area contributed by atoms with Crippen molar-refractivity contribution in [1.82, 2.24) is 14.4 Å². The molecule has 1 aromatic carbocycles. The lowest BCUT2D eigenvalue weighted by Gasteiger charge is -2.41. The number of rotatable bonds is 2. The van der Waals surface area contributed by atoms with Gasteiger partial charge in [-0.3, -0.25) is 14.4 Å². The maximum atomic E-state index is 12.8. The molecule has 1 saturated heterocycles. The van der Waals surface area contributed by atoms with Crippen LogP contribution in [0.4, 0.5) is 0 Å². The molecule has 2 heterocycles. The molecule has 130 valence electrons. The van der Waals surface area contributed by atoms with E-state index in [1.54, 1.807) is 36.0 Å². The van der Waals surface area contributed by atoms with E-state index in [0.717, 1.165) is 5.56 Å². The van der Waals surface area contributed by atoms with Crippen molar-refractivity contribution in [3.63, 3.8) is 0 Å². The second kappa shape index (κ2) is 6.93. The van der Waals surface area contributed by atoms with Crippen molar-refractivity contribution >= 4 is 11.8 Å². The van der Waals surface area contributed by atoms with Gasteiger partial charge in [-0.1, -0.05) is 30.3 Å². The predicted molar refractivity (Wildman–Crippen MR) is 94.2 cm³/mol. The Labute approximate surface area is 146 Å². The first-order valence-electron chi connectivity index (χ1n) is 8.25. The number of carbonyl (C=O) groups excluding carboxylic acids is 2. The molecule has 0 radical (unpaired) electrons. The van der Waals surface area contributed by atoms with Crippen LogP contribution in [0.25, 0.3) is 0 Å². The van der Waals surface area contributed by atoms with Crippen LogP contribution in [0.2, 0.25) is 0 Å². The topological polar surface area (TPSA) is 62.6 Å². The van der Waals surface area contributed by atoms with Gasteiger partial charge in [-0.2, -0.15) is 0 Å². The van der Waals surface area contributed by atoms with Crippen LogP contribution in [-0.2, 0) is 11.8 Å². The summed E-state index contributed by atoms with van der Waals surface area (Å²) >= 11 is 0. The minimum Gasteiger partial charge on any atom is -0.334 e. The number of benzene rings is 1. The summed E-state index contributed by atoms with van der Waals surface area (Å²) in [5.74, 6) is -0.122. The number of nitrogens with zero attached hydrogens (tertiary/aromatic N) is 3. The van der Waals surface area contributed by atoms with Gasteiger partial charge in [0.15, 0.2) is 0 Å². The van der Waals surface area contributed by atoms with E-state index >= 15 is 0 Å². The molecule has 0 spiro atoms. The average molecular weight is 339 g/mol. The Bertz CT molecular complexity index is 844. The first kappa shape index (κ1) is 17.0. The van der Waals surface area contributed by atoms with E-state index < -0.39 is 0 Å². The summed E-state index contributed by atoms with van der Waals surface area (Å²) in [7, 11) is 1.62. The van der Waals surface area contributed by atoms with E-state index in [1.807, 2.05) is 30.3 Å². The first-order chi connectivity index (χ1) is 12.0. The molecular formula is C19H21N3O3. The minimum absolute atomic E-state index is 0.00283. The maximum absolute atomic E-state index is 12.8. The highest BCUT2D eigenvalue weighted by molar-refractivity contribution is 5.94. The first-order valence-corrected chi connectivity index (χ1v) is 8.25. The van der Waals surface area contributed by atoms with Crippen LogP contribution >= 0.6 is 0 Å². The highest BCUT2D eigenvalue weighted by Crippen LogP contribution is 2.26. The fourth-order valence-corrected chi connectivity index (χ4v) is 3.21. The minimum atomic E-state index is -0.163. The number of hydrogen-bond donors (Lipinski definition) is 0. The van der Waals surface area contributed by atoms with Crippen molar-refractivity contribution in [2.75, 3.05) is 19.6 Å². The molecule has 2 amide bonds. The fourth-order valence-electron chi connectivity index (χ4n) is 3.21. The molecule has 6 nitrogen and oxygen atoms in total. The van der Waals surface area contributed by atoms with Gasteiger partial charge in [-0.05, 0) is 11.6 Å². The van der Waals surface area contributed by atoms with Crippen LogP contribution in [0.3, 0.4) is 0 Å². The van der Waals surface area contributed by atoms with Crippen LogP contribution in [0, 0.1) is 0 Å². The van der Waals surface area contributed by atoms with Gasteiger partial charge in [0.05, 0.1) is 11.6 Å².